The highest BCUT2D eigenvalue weighted by Gasteiger charge is 2.21. The molecule has 0 saturated heterocycles. The second-order valence-corrected chi connectivity index (χ2v) is 6.10. The lowest BCUT2D eigenvalue weighted by Gasteiger charge is -2.04. The van der Waals surface area contributed by atoms with E-state index >= 15 is 0 Å². The van der Waals surface area contributed by atoms with Crippen molar-refractivity contribution in [2.75, 3.05) is 0 Å². The first-order valence-electron chi connectivity index (χ1n) is 4.85. The maximum atomic E-state index is 13.9. The fourth-order valence-electron chi connectivity index (χ4n) is 1.41. The van der Waals surface area contributed by atoms with E-state index in [1.165, 1.54) is 23.5 Å². The number of thiophene rings is 1. The standard InChI is InChI=1S/C12H6BrCl2FOS/c1-5-4-18-12(8(5)14)11(17)6-2-3-7(13)9(15)10(6)16/h2-4H,1H3. The van der Waals surface area contributed by atoms with E-state index in [0.717, 1.165) is 5.56 Å². The van der Waals surface area contributed by atoms with Crippen molar-refractivity contribution < 1.29 is 9.18 Å². The van der Waals surface area contributed by atoms with E-state index in [1.54, 1.807) is 12.3 Å². The summed E-state index contributed by atoms with van der Waals surface area (Å²) >= 11 is 16.0. The van der Waals surface area contributed by atoms with E-state index in [0.29, 0.717) is 14.4 Å². The maximum absolute atomic E-state index is 13.9. The Bertz CT molecular complexity index is 639. The van der Waals surface area contributed by atoms with Crippen molar-refractivity contribution in [1.82, 2.24) is 0 Å². The van der Waals surface area contributed by atoms with Gasteiger partial charge in [-0.25, -0.2) is 4.39 Å². The third-order valence-corrected chi connectivity index (χ3v) is 5.34. The van der Waals surface area contributed by atoms with Crippen molar-refractivity contribution in [3.8, 4) is 0 Å². The Balaban J connectivity index is 2.54. The van der Waals surface area contributed by atoms with Crippen LogP contribution < -0.4 is 0 Å². The molecule has 18 heavy (non-hydrogen) atoms. The fraction of sp³-hybridized carbons (Fsp3) is 0.0833. The first-order valence-corrected chi connectivity index (χ1v) is 7.28. The van der Waals surface area contributed by atoms with Crippen LogP contribution in [-0.4, -0.2) is 5.78 Å². The minimum absolute atomic E-state index is 0.0769. The summed E-state index contributed by atoms with van der Waals surface area (Å²) in [5, 5.41) is 2.02. The quantitative estimate of drug-likeness (QED) is 0.506. The van der Waals surface area contributed by atoms with Crippen LogP contribution in [-0.2, 0) is 0 Å². The average molecular weight is 368 g/mol. The molecular weight excluding hydrogens is 362 g/mol. The minimum atomic E-state index is -0.738. The third-order valence-electron chi connectivity index (χ3n) is 2.39. The molecule has 6 heteroatoms. The van der Waals surface area contributed by atoms with Gasteiger partial charge in [0.1, 0.15) is 0 Å². The van der Waals surface area contributed by atoms with Crippen LogP contribution in [0.15, 0.2) is 22.0 Å². The summed E-state index contributed by atoms with van der Waals surface area (Å²) in [6.45, 7) is 1.79. The van der Waals surface area contributed by atoms with Crippen LogP contribution in [0.2, 0.25) is 10.0 Å². The number of carbonyl (C=O) groups is 1. The van der Waals surface area contributed by atoms with E-state index in [4.69, 9.17) is 23.2 Å². The summed E-state index contributed by atoms with van der Waals surface area (Å²) in [6.07, 6.45) is 0. The summed E-state index contributed by atoms with van der Waals surface area (Å²) in [6, 6.07) is 2.92. The number of benzene rings is 1. The van der Waals surface area contributed by atoms with Gasteiger partial charge in [0.25, 0.3) is 0 Å². The van der Waals surface area contributed by atoms with Gasteiger partial charge in [-0.2, -0.15) is 0 Å². The molecule has 1 aromatic carbocycles. The van der Waals surface area contributed by atoms with Gasteiger partial charge in [-0.15, -0.1) is 11.3 Å². The van der Waals surface area contributed by atoms with Crippen LogP contribution in [0.4, 0.5) is 4.39 Å². The number of ketones is 1. The van der Waals surface area contributed by atoms with Crippen LogP contribution in [0.1, 0.15) is 20.8 Å². The van der Waals surface area contributed by atoms with Crippen molar-refractivity contribution in [3.05, 3.63) is 53.9 Å². The van der Waals surface area contributed by atoms with Gasteiger partial charge in [0.05, 0.1) is 20.5 Å². The van der Waals surface area contributed by atoms with Gasteiger partial charge in [0.2, 0.25) is 5.78 Å². The first-order chi connectivity index (χ1) is 8.43. The number of hydrogen-bond donors (Lipinski definition) is 0. The Morgan fingerprint density at radius 2 is 2.00 bits per heavy atom. The predicted octanol–water partition coefficient (Wildman–Crippen LogP) is 5.50. The average Bonchev–Trinajstić information content (AvgIpc) is 2.67. The van der Waals surface area contributed by atoms with Gasteiger partial charge >= 0.3 is 0 Å². The second kappa shape index (κ2) is 5.29. The number of hydrogen-bond acceptors (Lipinski definition) is 2. The van der Waals surface area contributed by atoms with Crippen molar-refractivity contribution >= 4 is 56.3 Å². The Labute approximate surface area is 126 Å². The number of carbonyl (C=O) groups excluding carboxylic acids is 1. The Morgan fingerprint density at radius 1 is 1.33 bits per heavy atom. The number of halogens is 4. The molecular formula is C12H6BrCl2FOS. The zero-order valence-electron chi connectivity index (χ0n) is 9.06. The van der Waals surface area contributed by atoms with Crippen molar-refractivity contribution in [1.29, 1.82) is 0 Å². The highest BCUT2D eigenvalue weighted by molar-refractivity contribution is 9.10. The molecule has 1 nitrogen and oxygen atoms in total. The lowest BCUT2D eigenvalue weighted by molar-refractivity contribution is 0.103. The van der Waals surface area contributed by atoms with Crippen molar-refractivity contribution in [2.24, 2.45) is 0 Å². The SMILES string of the molecule is Cc1csc(C(=O)c2ccc(Br)c(Cl)c2F)c1Cl. The molecule has 0 atom stereocenters. The molecule has 0 N–H and O–H groups in total. The van der Waals surface area contributed by atoms with Crippen LogP contribution in [0.3, 0.4) is 0 Å². The van der Waals surface area contributed by atoms with Crippen LogP contribution in [0, 0.1) is 12.7 Å². The second-order valence-electron chi connectivity index (χ2n) is 3.61. The molecule has 0 aliphatic rings. The lowest BCUT2D eigenvalue weighted by atomic mass is 10.1. The molecule has 1 aromatic heterocycles. The molecule has 0 unspecified atom stereocenters. The molecule has 0 spiro atoms. The molecule has 0 aliphatic heterocycles. The topological polar surface area (TPSA) is 17.1 Å². The van der Waals surface area contributed by atoms with Gasteiger partial charge < -0.3 is 0 Å². The zero-order valence-corrected chi connectivity index (χ0v) is 13.0. The van der Waals surface area contributed by atoms with Gasteiger partial charge in [0, 0.05) is 4.47 Å². The molecule has 2 aromatic rings. The lowest BCUT2D eigenvalue weighted by Crippen LogP contribution is -2.03. The molecule has 94 valence electrons. The van der Waals surface area contributed by atoms with Gasteiger partial charge in [0.15, 0.2) is 5.82 Å². The highest BCUT2D eigenvalue weighted by atomic mass is 79.9. The van der Waals surface area contributed by atoms with E-state index in [9.17, 15) is 9.18 Å². The molecule has 0 radical (unpaired) electrons. The largest absolute Gasteiger partial charge is 0.288 e. The number of rotatable bonds is 2. The van der Waals surface area contributed by atoms with Crippen LogP contribution in [0.25, 0.3) is 0 Å². The van der Waals surface area contributed by atoms with Crippen LogP contribution in [0.5, 0.6) is 0 Å². The zero-order chi connectivity index (χ0) is 13.4. The molecule has 2 rings (SSSR count). The van der Waals surface area contributed by atoms with Gasteiger partial charge in [-0.1, -0.05) is 23.2 Å². The smallest absolute Gasteiger partial charge is 0.207 e. The normalized spacial score (nSPS) is 10.7. The minimum Gasteiger partial charge on any atom is -0.288 e. The number of aryl methyl sites for hydroxylation is 1. The highest BCUT2D eigenvalue weighted by Crippen LogP contribution is 2.33. The Hall–Kier alpha value is -0.420. The summed E-state index contributed by atoms with van der Waals surface area (Å²) in [4.78, 5) is 12.5. The molecule has 0 bridgehead atoms. The summed E-state index contributed by atoms with van der Waals surface area (Å²) < 4.78 is 14.3. The van der Waals surface area contributed by atoms with Gasteiger partial charge in [-0.05, 0) is 45.9 Å². The third kappa shape index (κ3) is 2.35. The maximum Gasteiger partial charge on any atom is 0.207 e. The van der Waals surface area contributed by atoms with E-state index < -0.39 is 11.6 Å². The van der Waals surface area contributed by atoms with Crippen molar-refractivity contribution in [2.45, 2.75) is 6.92 Å². The molecule has 0 aliphatic carbocycles. The summed E-state index contributed by atoms with van der Waals surface area (Å²) in [5.74, 6) is -1.19. The fourth-order valence-corrected chi connectivity index (χ4v) is 3.11. The molecule has 1 heterocycles. The van der Waals surface area contributed by atoms with Crippen molar-refractivity contribution in [3.63, 3.8) is 0 Å². The monoisotopic (exact) mass is 366 g/mol. The Kier molecular flexibility index (Phi) is 4.11. The Morgan fingerprint density at radius 3 is 2.56 bits per heavy atom. The van der Waals surface area contributed by atoms with E-state index in [-0.39, 0.29) is 10.6 Å². The van der Waals surface area contributed by atoms with Crippen LogP contribution >= 0.6 is 50.5 Å². The summed E-state index contributed by atoms with van der Waals surface area (Å²) in [7, 11) is 0. The van der Waals surface area contributed by atoms with E-state index in [1.807, 2.05) is 0 Å². The molecule has 0 amide bonds. The van der Waals surface area contributed by atoms with Gasteiger partial charge in [-0.3, -0.25) is 4.79 Å². The summed E-state index contributed by atoms with van der Waals surface area (Å²) in [5.41, 5.74) is 0.723. The molecule has 0 fully saturated rings. The first kappa shape index (κ1) is 14.0. The van der Waals surface area contributed by atoms with E-state index in [2.05, 4.69) is 15.9 Å². The molecule has 0 saturated carbocycles. The predicted molar refractivity (Wildman–Crippen MR) is 76.6 cm³/mol.